The number of benzene rings is 1. The Bertz CT molecular complexity index is 552. The third-order valence-electron chi connectivity index (χ3n) is 3.71. The van der Waals surface area contributed by atoms with E-state index in [4.69, 9.17) is 0 Å². The molecule has 0 aliphatic rings. The normalized spacial score (nSPS) is 11.0. The van der Waals surface area contributed by atoms with Crippen LogP contribution in [0.5, 0.6) is 0 Å². The fourth-order valence-electron chi connectivity index (χ4n) is 2.40. The molecule has 3 nitrogen and oxygen atoms in total. The minimum atomic E-state index is 0.848. The average Bonchev–Trinajstić information content (AvgIpc) is 2.69. The van der Waals surface area contributed by atoms with Crippen molar-refractivity contribution in [3.8, 4) is 0 Å². The molecular weight excluding hydrogens is 246 g/mol. The summed E-state index contributed by atoms with van der Waals surface area (Å²) >= 11 is 0. The van der Waals surface area contributed by atoms with Crippen molar-refractivity contribution in [1.82, 2.24) is 15.1 Å². The highest BCUT2D eigenvalue weighted by Crippen LogP contribution is 2.15. The minimum absolute atomic E-state index is 0.848. The van der Waals surface area contributed by atoms with Gasteiger partial charge in [0.25, 0.3) is 0 Å². The zero-order chi connectivity index (χ0) is 14.5. The SMILES string of the molecule is CCCNCc1c(C)nn(Cc2ccc(C)cc2)c1C. The van der Waals surface area contributed by atoms with Crippen LogP contribution in [-0.4, -0.2) is 16.3 Å². The van der Waals surface area contributed by atoms with Crippen LogP contribution in [0.3, 0.4) is 0 Å². The molecule has 0 atom stereocenters. The molecule has 0 bridgehead atoms. The highest BCUT2D eigenvalue weighted by molar-refractivity contribution is 5.26. The zero-order valence-electron chi connectivity index (χ0n) is 13.0. The number of aromatic nitrogens is 2. The Balaban J connectivity index is 2.12. The summed E-state index contributed by atoms with van der Waals surface area (Å²) in [7, 11) is 0. The highest BCUT2D eigenvalue weighted by atomic mass is 15.3. The molecule has 2 aromatic rings. The van der Waals surface area contributed by atoms with E-state index in [1.54, 1.807) is 0 Å². The first-order chi connectivity index (χ1) is 9.61. The van der Waals surface area contributed by atoms with Gasteiger partial charge in [-0.15, -0.1) is 0 Å². The standard InChI is InChI=1S/C17H25N3/c1-5-10-18-11-17-14(3)19-20(15(17)4)12-16-8-6-13(2)7-9-16/h6-9,18H,5,10-12H2,1-4H3. The molecule has 20 heavy (non-hydrogen) atoms. The van der Waals surface area contributed by atoms with Crippen molar-refractivity contribution in [3.63, 3.8) is 0 Å². The summed E-state index contributed by atoms with van der Waals surface area (Å²) in [4.78, 5) is 0. The molecule has 0 saturated heterocycles. The first kappa shape index (κ1) is 14.8. The Hall–Kier alpha value is -1.61. The summed E-state index contributed by atoms with van der Waals surface area (Å²) < 4.78 is 2.11. The van der Waals surface area contributed by atoms with Gasteiger partial charge in [-0.2, -0.15) is 5.10 Å². The fraction of sp³-hybridized carbons (Fsp3) is 0.471. The van der Waals surface area contributed by atoms with E-state index in [0.717, 1.165) is 31.7 Å². The van der Waals surface area contributed by atoms with Gasteiger partial charge in [-0.3, -0.25) is 4.68 Å². The summed E-state index contributed by atoms with van der Waals surface area (Å²) in [6.07, 6.45) is 1.16. The van der Waals surface area contributed by atoms with Gasteiger partial charge >= 0.3 is 0 Å². The van der Waals surface area contributed by atoms with E-state index in [1.807, 2.05) is 0 Å². The first-order valence-corrected chi connectivity index (χ1v) is 7.41. The number of aryl methyl sites for hydroxylation is 2. The predicted octanol–water partition coefficient (Wildman–Crippen LogP) is 3.36. The topological polar surface area (TPSA) is 29.9 Å². The molecule has 3 heteroatoms. The number of nitrogens with one attached hydrogen (secondary N) is 1. The van der Waals surface area contributed by atoms with Crippen LogP contribution < -0.4 is 5.32 Å². The van der Waals surface area contributed by atoms with E-state index in [-0.39, 0.29) is 0 Å². The fourth-order valence-corrected chi connectivity index (χ4v) is 2.40. The van der Waals surface area contributed by atoms with Crippen LogP contribution in [0.25, 0.3) is 0 Å². The van der Waals surface area contributed by atoms with E-state index in [9.17, 15) is 0 Å². The van der Waals surface area contributed by atoms with Gasteiger partial charge in [0.1, 0.15) is 0 Å². The summed E-state index contributed by atoms with van der Waals surface area (Å²) in [5.74, 6) is 0. The lowest BCUT2D eigenvalue weighted by Crippen LogP contribution is -2.15. The molecule has 1 aromatic carbocycles. The Kier molecular flexibility index (Phi) is 4.96. The molecule has 1 heterocycles. The van der Waals surface area contributed by atoms with Crippen molar-refractivity contribution in [2.24, 2.45) is 0 Å². The second-order valence-corrected chi connectivity index (χ2v) is 5.47. The van der Waals surface area contributed by atoms with Crippen molar-refractivity contribution in [3.05, 3.63) is 52.3 Å². The van der Waals surface area contributed by atoms with E-state index in [0.29, 0.717) is 0 Å². The Morgan fingerprint density at radius 3 is 2.45 bits per heavy atom. The number of nitrogens with zero attached hydrogens (tertiary/aromatic N) is 2. The van der Waals surface area contributed by atoms with E-state index in [1.165, 1.54) is 22.4 Å². The molecule has 1 N–H and O–H groups in total. The monoisotopic (exact) mass is 271 g/mol. The molecule has 0 radical (unpaired) electrons. The quantitative estimate of drug-likeness (QED) is 0.817. The summed E-state index contributed by atoms with van der Waals surface area (Å²) in [5, 5.41) is 8.15. The minimum Gasteiger partial charge on any atom is -0.313 e. The maximum absolute atomic E-state index is 4.68. The maximum Gasteiger partial charge on any atom is 0.0662 e. The summed E-state index contributed by atoms with van der Waals surface area (Å²) in [6, 6.07) is 8.68. The van der Waals surface area contributed by atoms with Gasteiger partial charge in [-0.1, -0.05) is 36.8 Å². The largest absolute Gasteiger partial charge is 0.313 e. The molecule has 0 amide bonds. The third kappa shape index (κ3) is 3.48. The molecule has 108 valence electrons. The van der Waals surface area contributed by atoms with E-state index in [2.05, 4.69) is 67.1 Å². The molecular formula is C17H25N3. The van der Waals surface area contributed by atoms with E-state index < -0.39 is 0 Å². The summed E-state index contributed by atoms with van der Waals surface area (Å²) in [5.41, 5.74) is 6.34. The van der Waals surface area contributed by atoms with Crippen molar-refractivity contribution >= 4 is 0 Å². The summed E-state index contributed by atoms with van der Waals surface area (Å²) in [6.45, 7) is 11.4. The van der Waals surface area contributed by atoms with Crippen LogP contribution in [0.4, 0.5) is 0 Å². The Morgan fingerprint density at radius 1 is 1.10 bits per heavy atom. The van der Waals surface area contributed by atoms with Crippen molar-refractivity contribution in [1.29, 1.82) is 0 Å². The van der Waals surface area contributed by atoms with Crippen molar-refractivity contribution in [2.45, 2.75) is 47.2 Å². The predicted molar refractivity (Wildman–Crippen MR) is 84.0 cm³/mol. The number of hydrogen-bond donors (Lipinski definition) is 1. The van der Waals surface area contributed by atoms with Crippen LogP contribution >= 0.6 is 0 Å². The van der Waals surface area contributed by atoms with Crippen molar-refractivity contribution < 1.29 is 0 Å². The van der Waals surface area contributed by atoms with Crippen LogP contribution in [-0.2, 0) is 13.1 Å². The van der Waals surface area contributed by atoms with Gasteiger partial charge in [0, 0.05) is 17.8 Å². The molecule has 0 aliphatic carbocycles. The van der Waals surface area contributed by atoms with Gasteiger partial charge in [0.05, 0.1) is 12.2 Å². The van der Waals surface area contributed by atoms with Crippen LogP contribution in [0.2, 0.25) is 0 Å². The van der Waals surface area contributed by atoms with Crippen LogP contribution in [0.1, 0.15) is 41.4 Å². The second kappa shape index (κ2) is 6.71. The lowest BCUT2D eigenvalue weighted by atomic mass is 10.1. The average molecular weight is 271 g/mol. The maximum atomic E-state index is 4.68. The van der Waals surface area contributed by atoms with Gasteiger partial charge in [0.2, 0.25) is 0 Å². The molecule has 0 spiro atoms. The zero-order valence-corrected chi connectivity index (χ0v) is 13.0. The lowest BCUT2D eigenvalue weighted by molar-refractivity contribution is 0.650. The smallest absolute Gasteiger partial charge is 0.0662 e. The Morgan fingerprint density at radius 2 is 1.80 bits per heavy atom. The molecule has 0 fully saturated rings. The van der Waals surface area contributed by atoms with Gasteiger partial charge < -0.3 is 5.32 Å². The highest BCUT2D eigenvalue weighted by Gasteiger charge is 2.11. The van der Waals surface area contributed by atoms with Gasteiger partial charge in [-0.05, 0) is 39.3 Å². The molecule has 0 saturated carbocycles. The third-order valence-corrected chi connectivity index (χ3v) is 3.71. The molecule has 0 aliphatic heterocycles. The second-order valence-electron chi connectivity index (χ2n) is 5.47. The Labute approximate surface area is 122 Å². The van der Waals surface area contributed by atoms with Crippen LogP contribution in [0, 0.1) is 20.8 Å². The van der Waals surface area contributed by atoms with Crippen molar-refractivity contribution in [2.75, 3.05) is 6.54 Å². The molecule has 1 aromatic heterocycles. The molecule has 2 rings (SSSR count). The van der Waals surface area contributed by atoms with Gasteiger partial charge in [0.15, 0.2) is 0 Å². The first-order valence-electron chi connectivity index (χ1n) is 7.41. The number of hydrogen-bond acceptors (Lipinski definition) is 2. The lowest BCUT2D eigenvalue weighted by Gasteiger charge is -2.07. The van der Waals surface area contributed by atoms with Crippen LogP contribution in [0.15, 0.2) is 24.3 Å². The molecule has 0 unspecified atom stereocenters. The number of rotatable bonds is 6. The van der Waals surface area contributed by atoms with Gasteiger partial charge in [-0.25, -0.2) is 0 Å². The van der Waals surface area contributed by atoms with E-state index >= 15 is 0 Å².